The summed E-state index contributed by atoms with van der Waals surface area (Å²) in [4.78, 5) is 77.4. The third-order valence-electron chi connectivity index (χ3n) is 6.04. The first-order valence-electron chi connectivity index (χ1n) is 10.8. The molecule has 0 aromatic rings. The van der Waals surface area contributed by atoms with E-state index in [4.69, 9.17) is 18.9 Å². The van der Waals surface area contributed by atoms with Crippen molar-refractivity contribution in [1.29, 1.82) is 0 Å². The Bertz CT molecular complexity index is 1120. The van der Waals surface area contributed by atoms with Gasteiger partial charge in [0.15, 0.2) is 0 Å². The van der Waals surface area contributed by atoms with Gasteiger partial charge in [0.1, 0.15) is 22.7 Å². The second-order valence-electron chi connectivity index (χ2n) is 7.79. The van der Waals surface area contributed by atoms with Gasteiger partial charge in [-0.05, 0) is 0 Å². The molecule has 206 valence electrons. The zero-order valence-electron chi connectivity index (χ0n) is 21.4. The van der Waals surface area contributed by atoms with Crippen LogP contribution in [0.1, 0.15) is 12.8 Å². The van der Waals surface area contributed by atoms with Crippen LogP contribution in [0, 0.1) is 11.8 Å². The molecule has 0 bridgehead atoms. The maximum absolute atomic E-state index is 13.1. The first-order valence-corrected chi connectivity index (χ1v) is 10.8. The van der Waals surface area contributed by atoms with Crippen LogP contribution in [0.3, 0.4) is 0 Å². The quantitative estimate of drug-likeness (QED) is 0.345. The maximum atomic E-state index is 13.1. The molecule has 0 saturated heterocycles. The van der Waals surface area contributed by atoms with Gasteiger partial charge in [-0.15, -0.1) is 0 Å². The molecule has 0 saturated carbocycles. The lowest BCUT2D eigenvalue weighted by Crippen LogP contribution is -2.30. The van der Waals surface area contributed by atoms with Crippen molar-refractivity contribution in [2.45, 2.75) is 12.8 Å². The first-order chi connectivity index (χ1) is 17.9. The topological polar surface area (TPSA) is 198 Å². The molecule has 2 atom stereocenters. The summed E-state index contributed by atoms with van der Waals surface area (Å²) in [5, 5.41) is 22.1. The Morgan fingerprint density at radius 1 is 0.474 bits per heavy atom. The summed E-state index contributed by atoms with van der Waals surface area (Å²) in [5.74, 6) is -12.1. The minimum absolute atomic E-state index is 0.614. The molecule has 0 aliphatic heterocycles. The molecule has 0 amide bonds. The molecule has 0 aromatic heterocycles. The smallest absolute Gasteiger partial charge is 0.342 e. The van der Waals surface area contributed by atoms with Crippen LogP contribution in [0.25, 0.3) is 0 Å². The van der Waals surface area contributed by atoms with E-state index in [9.17, 15) is 39.0 Å². The third kappa shape index (κ3) is 5.10. The minimum Gasteiger partial charge on any atom is -0.511 e. The highest BCUT2D eigenvalue weighted by Gasteiger charge is 2.49. The van der Waals surface area contributed by atoms with Gasteiger partial charge in [-0.25, -0.2) is 28.8 Å². The molecule has 0 radical (unpaired) electrons. The number of allylic oxidation sites excluding steroid dienone is 2. The fraction of sp³-hybridized carbons (Fsp3) is 0.417. The summed E-state index contributed by atoms with van der Waals surface area (Å²) in [5.41, 5.74) is -4.31. The van der Waals surface area contributed by atoms with Crippen LogP contribution in [0.4, 0.5) is 0 Å². The fourth-order valence-electron chi connectivity index (χ4n) is 4.44. The maximum Gasteiger partial charge on any atom is 0.342 e. The van der Waals surface area contributed by atoms with Gasteiger partial charge in [-0.1, -0.05) is 0 Å². The highest BCUT2D eigenvalue weighted by atomic mass is 16.5. The van der Waals surface area contributed by atoms with E-state index in [2.05, 4.69) is 9.47 Å². The van der Waals surface area contributed by atoms with Crippen molar-refractivity contribution in [2.75, 3.05) is 42.7 Å². The van der Waals surface area contributed by atoms with E-state index in [1.165, 1.54) is 0 Å². The van der Waals surface area contributed by atoms with Gasteiger partial charge in [-0.3, -0.25) is 0 Å². The molecule has 0 heterocycles. The van der Waals surface area contributed by atoms with E-state index >= 15 is 0 Å². The fourth-order valence-corrected chi connectivity index (χ4v) is 4.44. The van der Waals surface area contributed by atoms with Crippen LogP contribution in [0.15, 0.2) is 45.0 Å². The van der Waals surface area contributed by atoms with Crippen molar-refractivity contribution in [3.05, 3.63) is 45.0 Å². The third-order valence-corrected chi connectivity index (χ3v) is 6.04. The van der Waals surface area contributed by atoms with E-state index < -0.39 is 105 Å². The minimum atomic E-state index is -1.48. The summed E-state index contributed by atoms with van der Waals surface area (Å²) in [6, 6.07) is 0. The number of hydrogen-bond acceptors (Lipinski definition) is 14. The van der Waals surface area contributed by atoms with Crippen molar-refractivity contribution in [3.8, 4) is 0 Å². The zero-order chi connectivity index (χ0) is 28.9. The zero-order valence-corrected chi connectivity index (χ0v) is 21.4. The van der Waals surface area contributed by atoms with Gasteiger partial charge >= 0.3 is 35.8 Å². The van der Waals surface area contributed by atoms with E-state index in [1.807, 2.05) is 0 Å². The number of aliphatic hydroxyl groups excluding tert-OH is 2. The summed E-state index contributed by atoms with van der Waals surface area (Å²) in [6.45, 7) is 0. The molecule has 2 rings (SSSR count). The van der Waals surface area contributed by atoms with Crippen LogP contribution in [-0.2, 0) is 57.2 Å². The number of carbonyl (C=O) groups excluding carboxylic acids is 6. The molecular weight excluding hydrogens is 512 g/mol. The summed E-state index contributed by atoms with van der Waals surface area (Å²) in [7, 11) is 5.68. The average molecular weight is 538 g/mol. The van der Waals surface area contributed by atoms with E-state index in [0.29, 0.717) is 0 Å². The van der Waals surface area contributed by atoms with Gasteiger partial charge in [0.05, 0.1) is 65.0 Å². The molecule has 0 fully saturated rings. The van der Waals surface area contributed by atoms with Crippen molar-refractivity contribution >= 4 is 35.8 Å². The van der Waals surface area contributed by atoms with E-state index in [-0.39, 0.29) is 0 Å². The van der Waals surface area contributed by atoms with Crippen LogP contribution < -0.4 is 0 Å². The molecular formula is C24H26O14. The highest BCUT2D eigenvalue weighted by Crippen LogP contribution is 2.47. The molecule has 2 aliphatic rings. The van der Waals surface area contributed by atoms with Crippen molar-refractivity contribution < 1.29 is 67.4 Å². The number of esters is 6. The van der Waals surface area contributed by atoms with Crippen LogP contribution in [-0.4, -0.2) is 88.7 Å². The molecule has 0 unspecified atom stereocenters. The molecule has 0 spiro atoms. The lowest BCUT2D eigenvalue weighted by molar-refractivity contribution is -0.141. The van der Waals surface area contributed by atoms with Gasteiger partial charge in [0, 0.05) is 24.7 Å². The molecule has 0 aromatic carbocycles. The first kappa shape index (κ1) is 29.6. The van der Waals surface area contributed by atoms with Crippen molar-refractivity contribution in [1.82, 2.24) is 0 Å². The molecule has 14 nitrogen and oxygen atoms in total. The number of aliphatic hydroxyl groups is 2. The lowest BCUT2D eigenvalue weighted by atomic mass is 9.76. The second kappa shape index (κ2) is 12.1. The highest BCUT2D eigenvalue weighted by molar-refractivity contribution is 6.15. The average Bonchev–Trinajstić information content (AvgIpc) is 3.12. The lowest BCUT2D eigenvalue weighted by Gasteiger charge is -2.27. The predicted molar refractivity (Wildman–Crippen MR) is 122 cm³/mol. The van der Waals surface area contributed by atoms with Crippen LogP contribution >= 0.6 is 0 Å². The molecule has 14 heteroatoms. The monoisotopic (exact) mass is 538 g/mol. The summed E-state index contributed by atoms with van der Waals surface area (Å²) in [6.07, 6.45) is -1.36. The van der Waals surface area contributed by atoms with Crippen LogP contribution in [0.2, 0.25) is 0 Å². The Hall–Kier alpha value is -4.62. The Kier molecular flexibility index (Phi) is 9.41. The number of hydrogen-bond donors (Lipinski definition) is 2. The normalized spacial score (nSPS) is 19.5. The number of ether oxygens (including phenoxy) is 6. The van der Waals surface area contributed by atoms with E-state index in [0.717, 1.165) is 42.7 Å². The summed E-state index contributed by atoms with van der Waals surface area (Å²) < 4.78 is 28.5. The molecule has 38 heavy (non-hydrogen) atoms. The van der Waals surface area contributed by atoms with Gasteiger partial charge in [-0.2, -0.15) is 0 Å². The number of carbonyl (C=O) groups is 6. The molecule has 2 N–H and O–H groups in total. The van der Waals surface area contributed by atoms with Gasteiger partial charge in [0.25, 0.3) is 0 Å². The van der Waals surface area contributed by atoms with Crippen molar-refractivity contribution in [3.63, 3.8) is 0 Å². The predicted octanol–water partition coefficient (Wildman–Crippen LogP) is 0.282. The number of methoxy groups -OCH3 is 6. The second-order valence-corrected chi connectivity index (χ2v) is 7.79. The Morgan fingerprint density at radius 3 is 0.947 bits per heavy atom. The van der Waals surface area contributed by atoms with E-state index in [1.54, 1.807) is 0 Å². The standard InChI is InChI=1S/C24H26O14/c1-33-19(27)13-9-7-11(25)16(22(30)36-4)18(24(32)38-6)14(20(28)34-2)10(9)8-12(26)15(21(29)35-3)17(13)23(31)37-5/h9-10,25-26H,7-8H2,1-6H3/t9-,10-/m0/s1. The number of rotatable bonds is 6. The van der Waals surface area contributed by atoms with Crippen molar-refractivity contribution in [2.24, 2.45) is 11.8 Å². The van der Waals surface area contributed by atoms with Crippen LogP contribution in [0.5, 0.6) is 0 Å². The SMILES string of the molecule is COC(=O)C1=C(O)C[C@@H]2C(C(=O)OC)=C(C(=O)OC)C(C(=O)OC)=C(O)C[C@@H]2C(C(=O)OC)=C1C(=O)OC. The summed E-state index contributed by atoms with van der Waals surface area (Å²) >= 11 is 0. The molecule has 2 aliphatic carbocycles. The van der Waals surface area contributed by atoms with Gasteiger partial charge < -0.3 is 38.6 Å². The Balaban J connectivity index is 3.24. The Morgan fingerprint density at radius 2 is 0.711 bits per heavy atom. The van der Waals surface area contributed by atoms with Gasteiger partial charge in [0.2, 0.25) is 0 Å². The largest absolute Gasteiger partial charge is 0.511 e. The number of fused-ring (bicyclic) bond motifs is 1. The Labute approximate surface area is 216 Å².